The normalized spacial score (nSPS) is 11.7. The number of hydrogen-bond donors (Lipinski definition) is 1. The Morgan fingerprint density at radius 3 is 2.27 bits per heavy atom. The Hall–Kier alpha value is -2.00. The summed E-state index contributed by atoms with van der Waals surface area (Å²) in [6.07, 6.45) is 2.52. The van der Waals surface area contributed by atoms with Crippen molar-refractivity contribution in [3.63, 3.8) is 0 Å². The lowest BCUT2D eigenvalue weighted by Crippen LogP contribution is -2.07. The van der Waals surface area contributed by atoms with Crippen molar-refractivity contribution in [1.82, 2.24) is 0 Å². The van der Waals surface area contributed by atoms with E-state index in [1.807, 2.05) is 61.5 Å². The number of carbonyl (C=O) groups excluding carboxylic acids is 1. The third-order valence-electron chi connectivity index (χ3n) is 3.51. The lowest BCUT2D eigenvalue weighted by Gasteiger charge is -2.09. The Morgan fingerprint density at radius 1 is 1.14 bits per heavy atom. The van der Waals surface area contributed by atoms with Crippen molar-refractivity contribution < 1.29 is 9.53 Å². The van der Waals surface area contributed by atoms with Crippen LogP contribution in [0.4, 0.5) is 0 Å². The maximum absolute atomic E-state index is 11.2. The van der Waals surface area contributed by atoms with Crippen LogP contribution >= 0.6 is 12.6 Å². The van der Waals surface area contributed by atoms with Crippen molar-refractivity contribution in [3.05, 3.63) is 71.8 Å². The highest BCUT2D eigenvalue weighted by Gasteiger charge is 2.09. The Morgan fingerprint density at radius 2 is 1.73 bits per heavy atom. The molecule has 1 atom stereocenters. The molecule has 1 unspecified atom stereocenters. The Bertz CT molecular complexity index is 629. The molecule has 0 radical (unpaired) electrons. The highest BCUT2D eigenvalue weighted by atomic mass is 32.1. The minimum absolute atomic E-state index is 0.0709. The number of benzene rings is 2. The fraction of sp³-hybridized carbons (Fsp3) is 0.211. The first kappa shape index (κ1) is 16.4. The smallest absolute Gasteiger partial charge is 0.189 e. The number of thiol groups is 1. The zero-order chi connectivity index (χ0) is 15.9. The summed E-state index contributed by atoms with van der Waals surface area (Å²) in [4.78, 5) is 11.2. The lowest BCUT2D eigenvalue weighted by atomic mass is 10.0. The van der Waals surface area contributed by atoms with Gasteiger partial charge in [0.05, 0.1) is 0 Å². The van der Waals surface area contributed by atoms with Gasteiger partial charge in [-0.15, -0.1) is 12.6 Å². The van der Waals surface area contributed by atoms with Crippen LogP contribution in [0.1, 0.15) is 23.6 Å². The first-order valence-corrected chi connectivity index (χ1v) is 7.69. The summed E-state index contributed by atoms with van der Waals surface area (Å²) in [6, 6.07) is 15.9. The number of carbonyl (C=O) groups is 1. The van der Waals surface area contributed by atoms with Gasteiger partial charge in [-0.2, -0.15) is 0 Å². The predicted octanol–water partition coefficient (Wildman–Crippen LogP) is 4.54. The molecule has 0 aliphatic carbocycles. The molecule has 2 rings (SSSR count). The molecule has 0 N–H and O–H groups in total. The van der Waals surface area contributed by atoms with Crippen LogP contribution in [0.3, 0.4) is 0 Å². The second kappa shape index (κ2) is 7.85. The minimum Gasteiger partial charge on any atom is -0.489 e. The summed E-state index contributed by atoms with van der Waals surface area (Å²) >= 11 is 3.86. The maximum atomic E-state index is 11.2. The monoisotopic (exact) mass is 312 g/mol. The van der Waals surface area contributed by atoms with Gasteiger partial charge in [0.1, 0.15) is 12.4 Å². The van der Waals surface area contributed by atoms with Gasteiger partial charge in [0.15, 0.2) is 5.12 Å². The summed E-state index contributed by atoms with van der Waals surface area (Å²) in [5, 5.41) is -0.0803. The molecule has 0 aromatic heterocycles. The highest BCUT2D eigenvalue weighted by Crippen LogP contribution is 2.17. The van der Waals surface area contributed by atoms with E-state index < -0.39 is 0 Å². The molecule has 0 aliphatic heterocycles. The molecule has 2 aromatic rings. The summed E-state index contributed by atoms with van der Waals surface area (Å²) in [5.74, 6) is 0.750. The molecule has 2 aromatic carbocycles. The molecule has 2 nitrogen and oxygen atoms in total. The van der Waals surface area contributed by atoms with Crippen LogP contribution in [0.15, 0.2) is 55.1 Å². The second-order valence-corrected chi connectivity index (χ2v) is 5.76. The van der Waals surface area contributed by atoms with E-state index in [0.717, 1.165) is 22.4 Å². The van der Waals surface area contributed by atoms with Crippen molar-refractivity contribution in [1.29, 1.82) is 0 Å². The van der Waals surface area contributed by atoms with Crippen molar-refractivity contribution in [2.24, 2.45) is 5.92 Å². The van der Waals surface area contributed by atoms with E-state index in [0.29, 0.717) is 13.0 Å². The summed E-state index contributed by atoms with van der Waals surface area (Å²) in [6.45, 7) is 6.15. The Labute approximate surface area is 137 Å². The molecule has 0 heterocycles. The molecule has 0 saturated carbocycles. The van der Waals surface area contributed by atoms with Gasteiger partial charge in [0.25, 0.3) is 0 Å². The quantitative estimate of drug-likeness (QED) is 0.760. The van der Waals surface area contributed by atoms with Gasteiger partial charge in [-0.1, -0.05) is 56.0 Å². The van der Waals surface area contributed by atoms with E-state index in [1.54, 1.807) is 0 Å². The topological polar surface area (TPSA) is 26.3 Å². The van der Waals surface area contributed by atoms with Crippen molar-refractivity contribution in [3.8, 4) is 5.75 Å². The fourth-order valence-corrected chi connectivity index (χ4v) is 2.17. The van der Waals surface area contributed by atoms with E-state index in [2.05, 4.69) is 19.2 Å². The molecule has 114 valence electrons. The van der Waals surface area contributed by atoms with Crippen molar-refractivity contribution in [2.45, 2.75) is 20.0 Å². The van der Waals surface area contributed by atoms with E-state index in [-0.39, 0.29) is 11.0 Å². The number of rotatable bonds is 7. The lowest BCUT2D eigenvalue weighted by molar-refractivity contribution is -0.113. The molecule has 0 fully saturated rings. The van der Waals surface area contributed by atoms with Crippen LogP contribution in [0.25, 0.3) is 6.08 Å². The summed E-state index contributed by atoms with van der Waals surface area (Å²) < 4.78 is 5.77. The van der Waals surface area contributed by atoms with Gasteiger partial charge >= 0.3 is 0 Å². The van der Waals surface area contributed by atoms with Gasteiger partial charge in [-0.05, 0) is 35.2 Å². The SMILES string of the molecule is C=Cc1ccc(COc2ccc(CC(C)C(=O)S)cc2)cc1. The van der Waals surface area contributed by atoms with Gasteiger partial charge in [-0.25, -0.2) is 0 Å². The van der Waals surface area contributed by atoms with E-state index >= 15 is 0 Å². The van der Waals surface area contributed by atoms with E-state index in [9.17, 15) is 4.79 Å². The molecule has 0 aliphatic rings. The minimum atomic E-state index is -0.0803. The van der Waals surface area contributed by atoms with Gasteiger partial charge in [0, 0.05) is 5.92 Å². The largest absolute Gasteiger partial charge is 0.489 e. The summed E-state index contributed by atoms with van der Waals surface area (Å²) in [5.41, 5.74) is 3.32. The molecular weight excluding hydrogens is 292 g/mol. The standard InChI is InChI=1S/C19H20O2S/c1-3-15-4-6-17(7-5-15)13-21-18-10-8-16(9-11-18)12-14(2)19(20)22/h3-11,14H,1,12-13H2,2H3,(H,20,22). The second-order valence-electron chi connectivity index (χ2n) is 5.32. The highest BCUT2D eigenvalue weighted by molar-refractivity contribution is 7.96. The van der Waals surface area contributed by atoms with Gasteiger partial charge in [0.2, 0.25) is 0 Å². The van der Waals surface area contributed by atoms with Gasteiger partial charge < -0.3 is 4.74 Å². The Kier molecular flexibility index (Phi) is 5.84. The van der Waals surface area contributed by atoms with E-state index in [4.69, 9.17) is 4.74 Å². The molecule has 3 heteroatoms. The van der Waals surface area contributed by atoms with Crippen LogP contribution in [0, 0.1) is 5.92 Å². The first-order valence-electron chi connectivity index (χ1n) is 7.24. The third kappa shape index (κ3) is 4.78. The molecule has 0 amide bonds. The first-order chi connectivity index (χ1) is 10.6. The zero-order valence-electron chi connectivity index (χ0n) is 12.7. The van der Waals surface area contributed by atoms with Crippen LogP contribution in [0.5, 0.6) is 5.75 Å². The molecular formula is C19H20O2S. The van der Waals surface area contributed by atoms with Crippen molar-refractivity contribution in [2.75, 3.05) is 0 Å². The van der Waals surface area contributed by atoms with Crippen molar-refractivity contribution >= 4 is 23.8 Å². The predicted molar refractivity (Wildman–Crippen MR) is 94.2 cm³/mol. The average Bonchev–Trinajstić information content (AvgIpc) is 2.54. The molecule has 0 bridgehead atoms. The molecule has 0 spiro atoms. The fourth-order valence-electron chi connectivity index (χ4n) is 2.08. The molecule has 0 saturated heterocycles. The van der Waals surface area contributed by atoms with Crippen LogP contribution in [0.2, 0.25) is 0 Å². The summed E-state index contributed by atoms with van der Waals surface area (Å²) in [7, 11) is 0. The van der Waals surface area contributed by atoms with Crippen LogP contribution in [-0.4, -0.2) is 5.12 Å². The average molecular weight is 312 g/mol. The third-order valence-corrected chi connectivity index (χ3v) is 3.95. The van der Waals surface area contributed by atoms with Crippen LogP contribution < -0.4 is 4.74 Å². The van der Waals surface area contributed by atoms with Crippen LogP contribution in [-0.2, 0) is 17.8 Å². The van der Waals surface area contributed by atoms with E-state index in [1.165, 1.54) is 0 Å². The number of hydrogen-bond acceptors (Lipinski definition) is 2. The number of ether oxygens (including phenoxy) is 1. The maximum Gasteiger partial charge on any atom is 0.189 e. The Balaban J connectivity index is 1.90. The zero-order valence-corrected chi connectivity index (χ0v) is 13.6. The van der Waals surface area contributed by atoms with Gasteiger partial charge in [-0.3, -0.25) is 4.79 Å². The molecule has 22 heavy (non-hydrogen) atoms.